The molecule has 0 atom stereocenters. The van der Waals surface area contributed by atoms with Gasteiger partial charge in [0.1, 0.15) is 10.7 Å². The minimum atomic E-state index is -0.0780. The Bertz CT molecular complexity index is 894. The zero-order valence-corrected chi connectivity index (χ0v) is 12.4. The van der Waals surface area contributed by atoms with Crippen LogP contribution in [0.25, 0.3) is 22.4 Å². The maximum absolute atomic E-state index is 12.1. The third kappa shape index (κ3) is 2.12. The highest BCUT2D eigenvalue weighted by molar-refractivity contribution is 7.16. The molecule has 21 heavy (non-hydrogen) atoms. The maximum Gasteiger partial charge on any atom is 0.260 e. The molecule has 106 valence electrons. The standard InChI is InChI=1S/C15H14N4OS/c1-9-8-21-15-13(9)14(20)16-12(17-15)5-4-10-7-11-3-2-6-19(11)18-10/h4-5,7-8H,2-3,6H2,1H3,(H,16,17,20). The molecule has 1 aliphatic heterocycles. The lowest BCUT2D eigenvalue weighted by Crippen LogP contribution is -2.09. The van der Waals surface area contributed by atoms with Crippen LogP contribution in [0.2, 0.25) is 0 Å². The Labute approximate surface area is 125 Å². The van der Waals surface area contributed by atoms with Crippen molar-refractivity contribution in [1.82, 2.24) is 19.7 Å². The first-order chi connectivity index (χ1) is 10.2. The molecule has 0 aromatic carbocycles. The van der Waals surface area contributed by atoms with E-state index in [1.165, 1.54) is 23.5 Å². The van der Waals surface area contributed by atoms with Gasteiger partial charge in [-0.2, -0.15) is 5.10 Å². The number of hydrogen-bond donors (Lipinski definition) is 1. The van der Waals surface area contributed by atoms with E-state index < -0.39 is 0 Å². The largest absolute Gasteiger partial charge is 0.306 e. The van der Waals surface area contributed by atoms with Crippen molar-refractivity contribution in [1.29, 1.82) is 0 Å². The minimum Gasteiger partial charge on any atom is -0.306 e. The first-order valence-electron chi connectivity index (χ1n) is 6.93. The molecule has 0 aliphatic carbocycles. The first kappa shape index (κ1) is 12.5. The summed E-state index contributed by atoms with van der Waals surface area (Å²) in [5, 5.41) is 7.16. The van der Waals surface area contributed by atoms with Crippen LogP contribution in [0.5, 0.6) is 0 Å². The fraction of sp³-hybridized carbons (Fsp3) is 0.267. The summed E-state index contributed by atoms with van der Waals surface area (Å²) in [7, 11) is 0. The number of rotatable bonds is 2. The normalized spacial score (nSPS) is 14.3. The summed E-state index contributed by atoms with van der Waals surface area (Å²) in [6.07, 6.45) is 5.98. The van der Waals surface area contributed by atoms with Crippen molar-refractivity contribution in [2.75, 3.05) is 0 Å². The molecule has 0 fully saturated rings. The quantitative estimate of drug-likeness (QED) is 0.791. The summed E-state index contributed by atoms with van der Waals surface area (Å²) in [6, 6.07) is 2.09. The van der Waals surface area contributed by atoms with Gasteiger partial charge in [0.25, 0.3) is 5.56 Å². The Kier molecular flexibility index (Phi) is 2.78. The number of nitrogens with one attached hydrogen (secondary N) is 1. The van der Waals surface area contributed by atoms with Crippen molar-refractivity contribution in [3.8, 4) is 0 Å². The topological polar surface area (TPSA) is 63.6 Å². The number of H-pyrrole nitrogens is 1. The van der Waals surface area contributed by atoms with Crippen LogP contribution in [0.3, 0.4) is 0 Å². The van der Waals surface area contributed by atoms with Crippen LogP contribution in [0, 0.1) is 6.92 Å². The highest BCUT2D eigenvalue weighted by Gasteiger charge is 2.12. The molecule has 3 aromatic heterocycles. The Balaban J connectivity index is 1.70. The molecule has 0 saturated carbocycles. The molecule has 0 spiro atoms. The number of nitrogens with zero attached hydrogens (tertiary/aromatic N) is 3. The van der Waals surface area contributed by atoms with Gasteiger partial charge in [-0.15, -0.1) is 11.3 Å². The van der Waals surface area contributed by atoms with Gasteiger partial charge in [0.15, 0.2) is 0 Å². The first-order valence-corrected chi connectivity index (χ1v) is 7.81. The monoisotopic (exact) mass is 298 g/mol. The van der Waals surface area contributed by atoms with Crippen LogP contribution < -0.4 is 5.56 Å². The average molecular weight is 298 g/mol. The number of aryl methyl sites for hydroxylation is 3. The Morgan fingerprint density at radius 2 is 2.33 bits per heavy atom. The minimum absolute atomic E-state index is 0.0780. The van der Waals surface area contributed by atoms with Crippen molar-refractivity contribution in [3.05, 3.63) is 44.6 Å². The van der Waals surface area contributed by atoms with Crippen LogP contribution in [0.1, 0.15) is 29.2 Å². The van der Waals surface area contributed by atoms with Gasteiger partial charge in [0.2, 0.25) is 0 Å². The number of hydrogen-bond acceptors (Lipinski definition) is 4. The van der Waals surface area contributed by atoms with Crippen LogP contribution in [-0.4, -0.2) is 19.7 Å². The third-order valence-electron chi connectivity index (χ3n) is 3.74. The van der Waals surface area contributed by atoms with E-state index in [9.17, 15) is 4.79 Å². The van der Waals surface area contributed by atoms with E-state index >= 15 is 0 Å². The van der Waals surface area contributed by atoms with Gasteiger partial charge >= 0.3 is 0 Å². The summed E-state index contributed by atoms with van der Waals surface area (Å²) < 4.78 is 2.04. The van der Waals surface area contributed by atoms with Gasteiger partial charge in [-0.25, -0.2) is 4.98 Å². The number of fused-ring (bicyclic) bond motifs is 2. The van der Waals surface area contributed by atoms with E-state index in [1.54, 1.807) is 0 Å². The highest BCUT2D eigenvalue weighted by atomic mass is 32.1. The van der Waals surface area contributed by atoms with Gasteiger partial charge in [0.05, 0.1) is 11.1 Å². The van der Waals surface area contributed by atoms with Crippen molar-refractivity contribution >= 4 is 33.7 Å². The smallest absolute Gasteiger partial charge is 0.260 e. The average Bonchev–Trinajstić information content (AvgIpc) is 3.11. The second-order valence-electron chi connectivity index (χ2n) is 5.27. The molecule has 1 aliphatic rings. The SMILES string of the molecule is Cc1csc2nc(C=Cc3cc4n(n3)CCC4)[nH]c(=O)c12. The van der Waals surface area contributed by atoms with E-state index in [4.69, 9.17) is 0 Å². The van der Waals surface area contributed by atoms with Crippen molar-refractivity contribution in [2.45, 2.75) is 26.3 Å². The van der Waals surface area contributed by atoms with E-state index in [0.717, 1.165) is 29.1 Å². The van der Waals surface area contributed by atoms with Crippen LogP contribution in [-0.2, 0) is 13.0 Å². The van der Waals surface area contributed by atoms with E-state index in [-0.39, 0.29) is 5.56 Å². The summed E-state index contributed by atoms with van der Waals surface area (Å²) in [5.74, 6) is 0.572. The molecule has 4 heterocycles. The van der Waals surface area contributed by atoms with E-state index in [2.05, 4.69) is 21.1 Å². The maximum atomic E-state index is 12.1. The number of thiophene rings is 1. The molecule has 0 unspecified atom stereocenters. The zero-order valence-electron chi connectivity index (χ0n) is 11.6. The van der Waals surface area contributed by atoms with Crippen molar-refractivity contribution in [3.63, 3.8) is 0 Å². The molecule has 0 saturated heterocycles. The molecule has 6 heteroatoms. The van der Waals surface area contributed by atoms with Crippen LogP contribution in [0.15, 0.2) is 16.2 Å². The summed E-state index contributed by atoms with van der Waals surface area (Å²) >= 11 is 1.50. The molecule has 5 nitrogen and oxygen atoms in total. The molecule has 0 bridgehead atoms. The fourth-order valence-corrected chi connectivity index (χ4v) is 3.64. The second-order valence-corrected chi connectivity index (χ2v) is 6.13. The molecular formula is C15H14N4OS. The lowest BCUT2D eigenvalue weighted by molar-refractivity contribution is 0.655. The molecular weight excluding hydrogens is 284 g/mol. The number of aromatic amines is 1. The zero-order chi connectivity index (χ0) is 14.4. The fourth-order valence-electron chi connectivity index (χ4n) is 2.71. The molecule has 4 rings (SSSR count). The van der Waals surface area contributed by atoms with Gasteiger partial charge in [-0.05, 0) is 48.9 Å². The predicted molar refractivity (Wildman–Crippen MR) is 84.5 cm³/mol. The van der Waals surface area contributed by atoms with Gasteiger partial charge in [-0.3, -0.25) is 9.48 Å². The summed E-state index contributed by atoms with van der Waals surface area (Å²) in [5.41, 5.74) is 3.09. The van der Waals surface area contributed by atoms with Crippen LogP contribution >= 0.6 is 11.3 Å². The Hall–Kier alpha value is -2.21. The third-order valence-corrected chi connectivity index (χ3v) is 4.73. The van der Waals surface area contributed by atoms with Gasteiger partial charge < -0.3 is 4.98 Å². The van der Waals surface area contributed by atoms with E-state index in [1.807, 2.05) is 29.1 Å². The molecule has 3 aromatic rings. The Morgan fingerprint density at radius 1 is 1.43 bits per heavy atom. The summed E-state index contributed by atoms with van der Waals surface area (Å²) in [4.78, 5) is 20.1. The lowest BCUT2D eigenvalue weighted by atomic mass is 10.2. The molecule has 0 amide bonds. The predicted octanol–water partition coefficient (Wildman–Crippen LogP) is 2.61. The van der Waals surface area contributed by atoms with E-state index in [0.29, 0.717) is 11.2 Å². The van der Waals surface area contributed by atoms with Gasteiger partial charge in [-0.1, -0.05) is 0 Å². The molecule has 0 radical (unpaired) electrons. The van der Waals surface area contributed by atoms with Crippen LogP contribution in [0.4, 0.5) is 0 Å². The second kappa shape index (κ2) is 4.66. The van der Waals surface area contributed by atoms with Gasteiger partial charge in [0, 0.05) is 12.2 Å². The molecule has 1 N–H and O–H groups in total. The lowest BCUT2D eigenvalue weighted by Gasteiger charge is -1.95. The summed E-state index contributed by atoms with van der Waals surface area (Å²) in [6.45, 7) is 2.93. The number of aromatic nitrogens is 4. The highest BCUT2D eigenvalue weighted by Crippen LogP contribution is 2.20. The van der Waals surface area contributed by atoms with Crippen molar-refractivity contribution in [2.24, 2.45) is 0 Å². The van der Waals surface area contributed by atoms with Crippen molar-refractivity contribution < 1.29 is 0 Å². The Morgan fingerprint density at radius 3 is 3.19 bits per heavy atom.